The van der Waals surface area contributed by atoms with Crippen molar-refractivity contribution in [3.8, 4) is 11.5 Å². The van der Waals surface area contributed by atoms with Crippen molar-refractivity contribution in [2.24, 2.45) is 0 Å². The van der Waals surface area contributed by atoms with Gasteiger partial charge in [0.25, 0.3) is 10.1 Å². The van der Waals surface area contributed by atoms with Gasteiger partial charge in [0.15, 0.2) is 0 Å². The van der Waals surface area contributed by atoms with Crippen molar-refractivity contribution < 1.29 is 23.2 Å². The van der Waals surface area contributed by atoms with Crippen molar-refractivity contribution >= 4 is 10.1 Å². The van der Waals surface area contributed by atoms with Crippen molar-refractivity contribution in [1.82, 2.24) is 0 Å². The highest BCUT2D eigenvalue weighted by Gasteiger charge is 2.22. The smallest absolute Gasteiger partial charge is 0.294 e. The van der Waals surface area contributed by atoms with Crippen molar-refractivity contribution in [2.75, 3.05) is 0 Å². The van der Waals surface area contributed by atoms with Gasteiger partial charge in [-0.25, -0.2) is 0 Å². The van der Waals surface area contributed by atoms with Gasteiger partial charge in [-0.15, -0.1) is 0 Å². The van der Waals surface area contributed by atoms with Gasteiger partial charge in [-0.2, -0.15) is 8.42 Å². The molecule has 0 aliphatic heterocycles. The molecule has 0 amide bonds. The molecule has 5 nitrogen and oxygen atoms in total. The molecule has 6 heteroatoms. The Hall–Kier alpha value is -2.83. The highest BCUT2D eigenvalue weighted by atomic mass is 32.2. The number of benzene rings is 3. The third-order valence-electron chi connectivity index (χ3n) is 6.71. The van der Waals surface area contributed by atoms with E-state index in [4.69, 9.17) is 0 Å². The van der Waals surface area contributed by atoms with Crippen LogP contribution in [0.4, 0.5) is 0 Å². The Morgan fingerprint density at radius 2 is 1.12 bits per heavy atom. The molecule has 33 heavy (non-hydrogen) atoms. The molecule has 176 valence electrons. The second kappa shape index (κ2) is 9.98. The lowest BCUT2D eigenvalue weighted by atomic mass is 9.82. The number of hydrogen-bond acceptors (Lipinski definition) is 4. The summed E-state index contributed by atoms with van der Waals surface area (Å²) in [6.07, 6.45) is 0.687. The summed E-state index contributed by atoms with van der Waals surface area (Å²) in [5.41, 5.74) is 4.05. The highest BCUT2D eigenvalue weighted by molar-refractivity contribution is 7.85. The standard InChI is InChI=1S/C27H32O5S/c1-17(15-18(2)26-14-13-25(29)16-27(26)33(30,31)32)21-5-7-22(8-6-21)19(3)20(4)23-9-11-24(28)12-10-23/h5-14,16-20,28-29H,15H2,1-4H3,(H,30,31,32). The first-order chi connectivity index (χ1) is 15.5. The average Bonchev–Trinajstić information content (AvgIpc) is 2.78. The van der Waals surface area contributed by atoms with Gasteiger partial charge < -0.3 is 10.2 Å². The predicted molar refractivity (Wildman–Crippen MR) is 131 cm³/mol. The van der Waals surface area contributed by atoms with Crippen LogP contribution in [0, 0.1) is 0 Å². The second-order valence-corrected chi connectivity index (χ2v) is 10.5. The number of hydrogen-bond donors (Lipinski definition) is 3. The third kappa shape index (κ3) is 5.95. The fraction of sp³-hybridized carbons (Fsp3) is 0.333. The quantitative estimate of drug-likeness (QED) is 0.326. The summed E-state index contributed by atoms with van der Waals surface area (Å²) in [6.45, 7) is 8.40. The normalized spacial score (nSPS) is 15.5. The first kappa shape index (κ1) is 24.8. The van der Waals surface area contributed by atoms with E-state index in [9.17, 15) is 23.2 Å². The Morgan fingerprint density at radius 1 is 0.667 bits per heavy atom. The molecule has 0 heterocycles. The summed E-state index contributed by atoms with van der Waals surface area (Å²) in [6, 6.07) is 20.0. The fourth-order valence-corrected chi connectivity index (χ4v) is 5.27. The van der Waals surface area contributed by atoms with E-state index < -0.39 is 10.1 Å². The first-order valence-corrected chi connectivity index (χ1v) is 12.6. The van der Waals surface area contributed by atoms with Gasteiger partial charge in [-0.05, 0) is 70.5 Å². The van der Waals surface area contributed by atoms with Crippen LogP contribution in [-0.2, 0) is 10.1 Å². The zero-order chi connectivity index (χ0) is 24.3. The SMILES string of the molecule is CC(CC(C)c1ccc(O)cc1S(=O)(=O)O)c1ccc(C(C)C(C)c2ccc(O)cc2)cc1. The maximum atomic E-state index is 11.8. The monoisotopic (exact) mass is 468 g/mol. The molecule has 0 radical (unpaired) electrons. The van der Waals surface area contributed by atoms with Crippen LogP contribution >= 0.6 is 0 Å². The van der Waals surface area contributed by atoms with Crippen molar-refractivity contribution in [3.05, 3.63) is 89.0 Å². The van der Waals surface area contributed by atoms with Crippen molar-refractivity contribution in [1.29, 1.82) is 0 Å². The van der Waals surface area contributed by atoms with Gasteiger partial charge in [-0.3, -0.25) is 4.55 Å². The van der Waals surface area contributed by atoms with Crippen LogP contribution in [0.25, 0.3) is 0 Å². The molecule has 0 fully saturated rings. The molecule has 0 bridgehead atoms. The van der Waals surface area contributed by atoms with E-state index in [2.05, 4.69) is 45.0 Å². The lowest BCUT2D eigenvalue weighted by Crippen LogP contribution is -2.08. The minimum absolute atomic E-state index is 0.134. The summed E-state index contributed by atoms with van der Waals surface area (Å²) in [7, 11) is -4.42. The Bertz CT molecular complexity index is 1180. The summed E-state index contributed by atoms with van der Waals surface area (Å²) >= 11 is 0. The molecule has 0 spiro atoms. The molecule has 0 aliphatic carbocycles. The van der Waals surface area contributed by atoms with Gasteiger partial charge in [0.1, 0.15) is 16.4 Å². The van der Waals surface area contributed by atoms with E-state index in [1.165, 1.54) is 17.2 Å². The Balaban J connectivity index is 1.73. The van der Waals surface area contributed by atoms with Crippen LogP contribution in [-0.4, -0.2) is 23.2 Å². The highest BCUT2D eigenvalue weighted by Crippen LogP contribution is 2.36. The van der Waals surface area contributed by atoms with Crippen LogP contribution < -0.4 is 0 Å². The van der Waals surface area contributed by atoms with Gasteiger partial charge in [0, 0.05) is 6.07 Å². The minimum Gasteiger partial charge on any atom is -0.508 e. The molecule has 0 saturated heterocycles. The molecular weight excluding hydrogens is 436 g/mol. The molecule has 4 atom stereocenters. The molecule has 0 aromatic heterocycles. The fourth-order valence-electron chi connectivity index (χ4n) is 4.43. The zero-order valence-corrected chi connectivity index (χ0v) is 20.3. The first-order valence-electron chi connectivity index (χ1n) is 11.2. The van der Waals surface area contributed by atoms with E-state index >= 15 is 0 Å². The summed E-state index contributed by atoms with van der Waals surface area (Å²) < 4.78 is 33.1. The largest absolute Gasteiger partial charge is 0.508 e. The van der Waals surface area contributed by atoms with E-state index in [1.807, 2.05) is 19.1 Å². The molecule has 0 saturated carbocycles. The zero-order valence-electron chi connectivity index (χ0n) is 19.4. The van der Waals surface area contributed by atoms with Crippen LogP contribution in [0.5, 0.6) is 11.5 Å². The molecular formula is C27H32O5S. The van der Waals surface area contributed by atoms with E-state index in [0.29, 0.717) is 23.8 Å². The Morgan fingerprint density at radius 3 is 1.64 bits per heavy atom. The summed E-state index contributed by atoms with van der Waals surface area (Å²) in [5, 5.41) is 19.2. The number of phenols is 2. The topological polar surface area (TPSA) is 94.8 Å². The predicted octanol–water partition coefficient (Wildman–Crippen LogP) is 6.55. The van der Waals surface area contributed by atoms with E-state index in [-0.39, 0.29) is 28.2 Å². The molecule has 3 N–H and O–H groups in total. The van der Waals surface area contributed by atoms with E-state index in [1.54, 1.807) is 18.2 Å². The number of rotatable bonds is 8. The maximum absolute atomic E-state index is 11.8. The van der Waals surface area contributed by atoms with Gasteiger partial charge in [-0.1, -0.05) is 70.2 Å². The molecule has 4 unspecified atom stereocenters. The number of aromatic hydroxyl groups is 2. The average molecular weight is 469 g/mol. The maximum Gasteiger partial charge on any atom is 0.294 e. The minimum atomic E-state index is -4.42. The third-order valence-corrected chi connectivity index (χ3v) is 7.62. The van der Waals surface area contributed by atoms with Gasteiger partial charge in [0.2, 0.25) is 0 Å². The molecule has 3 aromatic rings. The van der Waals surface area contributed by atoms with E-state index in [0.717, 1.165) is 11.6 Å². The summed E-state index contributed by atoms with van der Waals surface area (Å²) in [5.74, 6) is 0.696. The molecule has 3 rings (SSSR count). The van der Waals surface area contributed by atoms with Crippen LogP contribution in [0.3, 0.4) is 0 Å². The van der Waals surface area contributed by atoms with Gasteiger partial charge in [0.05, 0.1) is 0 Å². The van der Waals surface area contributed by atoms with Crippen molar-refractivity contribution in [2.45, 2.75) is 62.7 Å². The lowest BCUT2D eigenvalue weighted by molar-refractivity contribution is 0.462. The Labute approximate surface area is 196 Å². The number of phenolic OH excluding ortho intramolecular Hbond substituents is 2. The van der Waals surface area contributed by atoms with Crippen LogP contribution in [0.1, 0.15) is 80.0 Å². The van der Waals surface area contributed by atoms with Crippen molar-refractivity contribution in [3.63, 3.8) is 0 Å². The second-order valence-electron chi connectivity index (χ2n) is 9.07. The molecule has 0 aliphatic rings. The van der Waals surface area contributed by atoms with Crippen LogP contribution in [0.15, 0.2) is 71.6 Å². The molecule has 3 aromatic carbocycles. The van der Waals surface area contributed by atoms with Crippen LogP contribution in [0.2, 0.25) is 0 Å². The lowest BCUT2D eigenvalue weighted by Gasteiger charge is -2.23. The summed E-state index contributed by atoms with van der Waals surface area (Å²) in [4.78, 5) is -0.241. The van der Waals surface area contributed by atoms with Gasteiger partial charge >= 0.3 is 0 Å². The Kier molecular flexibility index (Phi) is 7.50.